The van der Waals surface area contributed by atoms with Crippen molar-refractivity contribution in [3.05, 3.63) is 41.5 Å². The van der Waals surface area contributed by atoms with Crippen LogP contribution in [0.5, 0.6) is 0 Å². The molecule has 0 radical (unpaired) electrons. The Hall–Kier alpha value is -1.71. The van der Waals surface area contributed by atoms with Gasteiger partial charge in [0.25, 0.3) is 0 Å². The lowest BCUT2D eigenvalue weighted by Gasteiger charge is -1.96. The van der Waals surface area contributed by atoms with E-state index in [9.17, 15) is 13.6 Å². The summed E-state index contributed by atoms with van der Waals surface area (Å²) in [6.45, 7) is 0. The Labute approximate surface area is 73.7 Å². The molecule has 1 amide bonds. The molecule has 2 N–H and O–H groups in total. The summed E-state index contributed by atoms with van der Waals surface area (Å²) in [5, 5.41) is 0. The van der Waals surface area contributed by atoms with E-state index in [0.29, 0.717) is 0 Å². The average molecular weight is 183 g/mol. The summed E-state index contributed by atoms with van der Waals surface area (Å²) in [5.41, 5.74) is 4.51. The molecule has 0 unspecified atom stereocenters. The van der Waals surface area contributed by atoms with Crippen LogP contribution in [-0.4, -0.2) is 5.91 Å². The molecule has 0 saturated carbocycles. The third-order valence-corrected chi connectivity index (χ3v) is 1.41. The summed E-state index contributed by atoms with van der Waals surface area (Å²) in [7, 11) is 0. The zero-order valence-corrected chi connectivity index (χ0v) is 6.63. The topological polar surface area (TPSA) is 43.1 Å². The van der Waals surface area contributed by atoms with Gasteiger partial charge in [-0.25, -0.2) is 8.78 Å². The molecule has 1 rings (SSSR count). The standard InChI is InChI=1S/C9H7F2NO/c10-7-2-1-3-8(11)6(7)4-5-9(12)13/h1-5H,(H2,12,13). The summed E-state index contributed by atoms with van der Waals surface area (Å²) < 4.78 is 25.7. The van der Waals surface area contributed by atoms with Crippen molar-refractivity contribution in [3.8, 4) is 0 Å². The highest BCUT2D eigenvalue weighted by atomic mass is 19.1. The molecule has 2 nitrogen and oxygen atoms in total. The van der Waals surface area contributed by atoms with Gasteiger partial charge in [0.15, 0.2) is 0 Å². The van der Waals surface area contributed by atoms with E-state index in [1.807, 2.05) is 0 Å². The van der Waals surface area contributed by atoms with Gasteiger partial charge in [0.1, 0.15) is 11.6 Å². The lowest BCUT2D eigenvalue weighted by Crippen LogP contribution is -2.05. The normalized spacial score (nSPS) is 10.6. The largest absolute Gasteiger partial charge is 0.366 e. The van der Waals surface area contributed by atoms with Crippen LogP contribution in [0, 0.1) is 11.6 Å². The molecule has 0 aliphatic carbocycles. The third kappa shape index (κ3) is 2.37. The quantitative estimate of drug-likeness (QED) is 0.693. The van der Waals surface area contributed by atoms with E-state index in [4.69, 9.17) is 5.73 Å². The van der Waals surface area contributed by atoms with Gasteiger partial charge in [0.2, 0.25) is 5.91 Å². The Morgan fingerprint density at radius 3 is 2.31 bits per heavy atom. The van der Waals surface area contributed by atoms with Crippen molar-refractivity contribution < 1.29 is 13.6 Å². The molecule has 0 heterocycles. The van der Waals surface area contributed by atoms with Crippen molar-refractivity contribution in [2.24, 2.45) is 5.73 Å². The van der Waals surface area contributed by atoms with E-state index in [0.717, 1.165) is 24.3 Å². The highest BCUT2D eigenvalue weighted by Gasteiger charge is 2.03. The van der Waals surface area contributed by atoms with E-state index in [1.165, 1.54) is 6.07 Å². The van der Waals surface area contributed by atoms with Crippen molar-refractivity contribution in [2.45, 2.75) is 0 Å². The second kappa shape index (κ2) is 3.80. The summed E-state index contributed by atoms with van der Waals surface area (Å²) in [6, 6.07) is 3.44. The maximum absolute atomic E-state index is 12.9. The van der Waals surface area contributed by atoms with Gasteiger partial charge in [-0.2, -0.15) is 0 Å². The van der Waals surface area contributed by atoms with E-state index < -0.39 is 17.5 Å². The molecule has 1 aromatic carbocycles. The third-order valence-electron chi connectivity index (χ3n) is 1.41. The van der Waals surface area contributed by atoms with Gasteiger partial charge in [-0.15, -0.1) is 0 Å². The Balaban J connectivity index is 3.06. The average Bonchev–Trinajstić information content (AvgIpc) is 2.03. The highest BCUT2D eigenvalue weighted by molar-refractivity contribution is 5.90. The first-order valence-corrected chi connectivity index (χ1v) is 3.53. The second-order valence-corrected chi connectivity index (χ2v) is 2.37. The highest BCUT2D eigenvalue weighted by Crippen LogP contribution is 2.13. The van der Waals surface area contributed by atoms with Gasteiger partial charge in [0, 0.05) is 11.6 Å². The van der Waals surface area contributed by atoms with E-state index in [-0.39, 0.29) is 5.56 Å². The van der Waals surface area contributed by atoms with Crippen molar-refractivity contribution in [1.29, 1.82) is 0 Å². The lowest BCUT2D eigenvalue weighted by atomic mass is 10.2. The molecule has 13 heavy (non-hydrogen) atoms. The van der Waals surface area contributed by atoms with Crippen LogP contribution in [0.2, 0.25) is 0 Å². The zero-order valence-electron chi connectivity index (χ0n) is 6.63. The number of rotatable bonds is 2. The minimum Gasteiger partial charge on any atom is -0.366 e. The molecule has 0 aliphatic rings. The van der Waals surface area contributed by atoms with Crippen molar-refractivity contribution in [1.82, 2.24) is 0 Å². The van der Waals surface area contributed by atoms with Gasteiger partial charge >= 0.3 is 0 Å². The van der Waals surface area contributed by atoms with E-state index in [2.05, 4.69) is 0 Å². The molecule has 68 valence electrons. The fourth-order valence-electron chi connectivity index (χ4n) is 0.835. The first-order valence-electron chi connectivity index (χ1n) is 3.53. The minimum atomic E-state index is -0.748. The van der Waals surface area contributed by atoms with Crippen molar-refractivity contribution in [2.75, 3.05) is 0 Å². The molecule has 4 heteroatoms. The van der Waals surface area contributed by atoms with Crippen LogP contribution >= 0.6 is 0 Å². The van der Waals surface area contributed by atoms with Gasteiger partial charge in [-0.1, -0.05) is 6.07 Å². The smallest absolute Gasteiger partial charge is 0.241 e. The summed E-state index contributed by atoms with van der Waals surface area (Å²) in [6.07, 6.45) is 1.91. The first-order chi connectivity index (χ1) is 6.11. The lowest BCUT2D eigenvalue weighted by molar-refractivity contribution is -0.113. The van der Waals surface area contributed by atoms with Crippen LogP contribution in [0.15, 0.2) is 24.3 Å². The molecule has 0 atom stereocenters. The number of amides is 1. The van der Waals surface area contributed by atoms with Crippen LogP contribution < -0.4 is 5.73 Å². The number of hydrogen-bond donors (Lipinski definition) is 1. The maximum Gasteiger partial charge on any atom is 0.241 e. The number of carbonyl (C=O) groups excluding carboxylic acids is 1. The van der Waals surface area contributed by atoms with Gasteiger partial charge in [0.05, 0.1) is 0 Å². The van der Waals surface area contributed by atoms with Crippen LogP contribution in [0.25, 0.3) is 6.08 Å². The Kier molecular flexibility index (Phi) is 2.74. The predicted molar refractivity (Wildman–Crippen MR) is 44.6 cm³/mol. The SMILES string of the molecule is NC(=O)C=Cc1c(F)cccc1F. The molecule has 1 aromatic rings. The number of hydrogen-bond acceptors (Lipinski definition) is 1. The Morgan fingerprint density at radius 1 is 1.31 bits per heavy atom. The molecule has 0 aliphatic heterocycles. The molecular formula is C9H7F2NO. The fraction of sp³-hybridized carbons (Fsp3) is 0. The van der Waals surface area contributed by atoms with Crippen LogP contribution in [0.3, 0.4) is 0 Å². The predicted octanol–water partition coefficient (Wildman–Crippen LogP) is 1.46. The number of benzene rings is 1. The number of halogens is 2. The zero-order chi connectivity index (χ0) is 9.84. The van der Waals surface area contributed by atoms with Crippen molar-refractivity contribution in [3.63, 3.8) is 0 Å². The second-order valence-electron chi connectivity index (χ2n) is 2.37. The molecule has 0 saturated heterocycles. The van der Waals surface area contributed by atoms with Crippen LogP contribution in [0.4, 0.5) is 8.78 Å². The molecule has 0 aromatic heterocycles. The number of nitrogens with two attached hydrogens (primary N) is 1. The molecular weight excluding hydrogens is 176 g/mol. The summed E-state index contributed by atoms with van der Waals surface area (Å²) in [5.74, 6) is -2.20. The van der Waals surface area contributed by atoms with Crippen molar-refractivity contribution >= 4 is 12.0 Å². The van der Waals surface area contributed by atoms with Crippen LogP contribution in [0.1, 0.15) is 5.56 Å². The van der Waals surface area contributed by atoms with Gasteiger partial charge in [-0.05, 0) is 18.2 Å². The maximum atomic E-state index is 12.9. The fourth-order valence-corrected chi connectivity index (χ4v) is 0.835. The van der Waals surface area contributed by atoms with Crippen LogP contribution in [-0.2, 0) is 4.79 Å². The summed E-state index contributed by atoms with van der Waals surface area (Å²) in [4.78, 5) is 10.3. The van der Waals surface area contributed by atoms with Gasteiger partial charge in [-0.3, -0.25) is 4.79 Å². The Morgan fingerprint density at radius 2 is 1.85 bits per heavy atom. The molecule has 0 spiro atoms. The molecule has 0 fully saturated rings. The van der Waals surface area contributed by atoms with E-state index in [1.54, 1.807) is 0 Å². The molecule has 0 bridgehead atoms. The number of carbonyl (C=O) groups is 1. The van der Waals surface area contributed by atoms with Gasteiger partial charge < -0.3 is 5.73 Å². The first kappa shape index (κ1) is 9.38. The number of primary amides is 1. The monoisotopic (exact) mass is 183 g/mol. The van der Waals surface area contributed by atoms with E-state index >= 15 is 0 Å². The minimum absolute atomic E-state index is 0.263. The Bertz CT molecular complexity index is 340. The summed E-state index contributed by atoms with van der Waals surface area (Å²) >= 11 is 0.